The van der Waals surface area contributed by atoms with Crippen LogP contribution in [0.3, 0.4) is 0 Å². The van der Waals surface area contributed by atoms with Crippen LogP contribution in [0.15, 0.2) is 36.4 Å². The average Bonchev–Trinajstić information content (AvgIpc) is 2.45. The molecule has 0 aromatic heterocycles. The van der Waals surface area contributed by atoms with E-state index in [0.29, 0.717) is 17.2 Å². The number of ether oxygens (including phenoxy) is 1. The molecule has 22 heavy (non-hydrogen) atoms. The van der Waals surface area contributed by atoms with Crippen LogP contribution in [0.1, 0.15) is 22.3 Å². The zero-order valence-electron chi connectivity index (χ0n) is 12.9. The second-order valence-corrected chi connectivity index (χ2v) is 5.84. The van der Waals surface area contributed by atoms with Gasteiger partial charge < -0.3 is 9.84 Å². The molecular weight excluding hydrogens is 300 g/mol. The van der Waals surface area contributed by atoms with Gasteiger partial charge in [-0.1, -0.05) is 29.8 Å². The summed E-state index contributed by atoms with van der Waals surface area (Å²) in [5, 5.41) is 10.1. The lowest BCUT2D eigenvalue weighted by atomic mass is 9.97. The number of aliphatic carboxylic acids is 1. The molecule has 4 heteroatoms. The van der Waals surface area contributed by atoms with Crippen molar-refractivity contribution in [1.82, 2.24) is 0 Å². The third kappa shape index (κ3) is 3.80. The highest BCUT2D eigenvalue weighted by atomic mass is 35.5. The van der Waals surface area contributed by atoms with Gasteiger partial charge in [0, 0.05) is 11.4 Å². The number of aryl methyl sites for hydroxylation is 3. The largest absolute Gasteiger partial charge is 0.478 e. The molecule has 0 bridgehead atoms. The number of halogens is 1. The van der Waals surface area contributed by atoms with Crippen molar-refractivity contribution in [1.29, 1.82) is 0 Å². The van der Waals surface area contributed by atoms with Crippen LogP contribution in [0.5, 0.6) is 5.75 Å². The Labute approximate surface area is 135 Å². The van der Waals surface area contributed by atoms with E-state index in [-0.39, 0.29) is 0 Å². The van der Waals surface area contributed by atoms with Crippen LogP contribution in [0.2, 0.25) is 5.02 Å². The molecule has 0 saturated carbocycles. The molecule has 0 amide bonds. The monoisotopic (exact) mass is 318 g/mol. The van der Waals surface area contributed by atoms with Crippen LogP contribution < -0.4 is 4.74 Å². The molecule has 1 N–H and O–H groups in total. The minimum absolute atomic E-state index is 0.329. The van der Waals surface area contributed by atoms with E-state index in [1.165, 1.54) is 0 Å². The summed E-state index contributed by atoms with van der Waals surface area (Å²) in [6.45, 7) is 5.82. The maximum Gasteiger partial charge on any atom is 0.345 e. The molecule has 0 aliphatic carbocycles. The van der Waals surface area contributed by atoms with Crippen LogP contribution in [-0.2, 0) is 11.2 Å². The fourth-order valence-electron chi connectivity index (χ4n) is 2.39. The number of carboxylic acid groups (broad SMARTS) is 1. The molecule has 0 aliphatic heterocycles. The molecule has 2 aromatic carbocycles. The van der Waals surface area contributed by atoms with Gasteiger partial charge in [0.2, 0.25) is 0 Å². The van der Waals surface area contributed by atoms with E-state index in [9.17, 15) is 9.90 Å². The highest BCUT2D eigenvalue weighted by Gasteiger charge is 2.22. The van der Waals surface area contributed by atoms with Crippen LogP contribution in [0, 0.1) is 20.8 Å². The molecule has 2 rings (SSSR count). The first-order valence-corrected chi connectivity index (χ1v) is 7.47. The topological polar surface area (TPSA) is 46.5 Å². The second-order valence-electron chi connectivity index (χ2n) is 5.43. The predicted octanol–water partition coefficient (Wildman–Crippen LogP) is 4.34. The maximum absolute atomic E-state index is 11.5. The summed E-state index contributed by atoms with van der Waals surface area (Å²) in [6.07, 6.45) is -0.601. The second kappa shape index (κ2) is 6.84. The Bertz CT molecular complexity index is 674. The molecule has 3 nitrogen and oxygen atoms in total. The van der Waals surface area contributed by atoms with Crippen molar-refractivity contribution in [2.45, 2.75) is 33.3 Å². The number of rotatable bonds is 5. The van der Waals surface area contributed by atoms with Gasteiger partial charge in [-0.15, -0.1) is 0 Å². The third-order valence-corrected chi connectivity index (χ3v) is 4.14. The first kappa shape index (κ1) is 16.4. The molecule has 0 radical (unpaired) electrons. The summed E-state index contributed by atoms with van der Waals surface area (Å²) < 4.78 is 5.67. The van der Waals surface area contributed by atoms with Gasteiger partial charge in [-0.3, -0.25) is 0 Å². The molecule has 0 fully saturated rings. The summed E-state index contributed by atoms with van der Waals surface area (Å²) in [7, 11) is 0. The Hall–Kier alpha value is -2.00. The highest BCUT2D eigenvalue weighted by molar-refractivity contribution is 6.31. The van der Waals surface area contributed by atoms with Crippen LogP contribution in [0.25, 0.3) is 0 Å². The number of hydrogen-bond acceptors (Lipinski definition) is 2. The van der Waals surface area contributed by atoms with Gasteiger partial charge >= 0.3 is 5.97 Å². The Morgan fingerprint density at radius 1 is 1.14 bits per heavy atom. The zero-order chi connectivity index (χ0) is 16.3. The third-order valence-electron chi connectivity index (χ3n) is 3.72. The van der Waals surface area contributed by atoms with Gasteiger partial charge in [0.15, 0.2) is 6.10 Å². The fourth-order valence-corrected chi connectivity index (χ4v) is 2.51. The van der Waals surface area contributed by atoms with Crippen molar-refractivity contribution in [3.05, 3.63) is 63.7 Å². The van der Waals surface area contributed by atoms with Gasteiger partial charge in [-0.25, -0.2) is 4.79 Å². The van der Waals surface area contributed by atoms with E-state index in [2.05, 4.69) is 0 Å². The van der Waals surface area contributed by atoms with Crippen molar-refractivity contribution in [2.24, 2.45) is 0 Å². The molecule has 0 spiro atoms. The van der Waals surface area contributed by atoms with Crippen molar-refractivity contribution >= 4 is 17.6 Å². The Balaban J connectivity index is 2.24. The molecule has 2 aromatic rings. The van der Waals surface area contributed by atoms with Crippen molar-refractivity contribution in [3.63, 3.8) is 0 Å². The fraction of sp³-hybridized carbons (Fsp3) is 0.278. The molecule has 1 atom stereocenters. The molecule has 0 unspecified atom stereocenters. The summed E-state index contributed by atoms with van der Waals surface area (Å²) in [5.41, 5.74) is 4.01. The molecule has 116 valence electrons. The standard InChI is InChI=1S/C18H19ClO3/c1-11-5-4-6-12(2)15(11)10-17(18(20)21)22-14-7-8-16(19)13(3)9-14/h4-9,17H,10H2,1-3H3,(H,20,21)/t17-/m1/s1. The smallest absolute Gasteiger partial charge is 0.345 e. The Morgan fingerprint density at radius 2 is 1.77 bits per heavy atom. The van der Waals surface area contributed by atoms with E-state index in [1.54, 1.807) is 18.2 Å². The van der Waals surface area contributed by atoms with Gasteiger partial charge in [-0.2, -0.15) is 0 Å². The lowest BCUT2D eigenvalue weighted by molar-refractivity contribution is -0.145. The average molecular weight is 319 g/mol. The maximum atomic E-state index is 11.5. The van der Waals surface area contributed by atoms with E-state index in [1.807, 2.05) is 39.0 Å². The van der Waals surface area contributed by atoms with Crippen molar-refractivity contribution in [3.8, 4) is 5.75 Å². The van der Waals surface area contributed by atoms with Crippen molar-refractivity contribution < 1.29 is 14.6 Å². The molecule has 0 saturated heterocycles. The lowest BCUT2D eigenvalue weighted by Gasteiger charge is -2.18. The number of carboxylic acids is 1. The first-order chi connectivity index (χ1) is 10.4. The van der Waals surface area contributed by atoms with E-state index >= 15 is 0 Å². The minimum Gasteiger partial charge on any atom is -0.478 e. The highest BCUT2D eigenvalue weighted by Crippen LogP contribution is 2.23. The molecule has 0 heterocycles. The predicted molar refractivity (Wildman–Crippen MR) is 87.9 cm³/mol. The van der Waals surface area contributed by atoms with Crippen LogP contribution in [0.4, 0.5) is 0 Å². The van der Waals surface area contributed by atoms with Crippen LogP contribution in [-0.4, -0.2) is 17.2 Å². The Kier molecular flexibility index (Phi) is 5.09. The molecule has 0 aliphatic rings. The molecular formula is C18H19ClO3. The normalized spacial score (nSPS) is 12.0. The number of benzene rings is 2. The van der Waals surface area contributed by atoms with Crippen LogP contribution >= 0.6 is 11.6 Å². The Morgan fingerprint density at radius 3 is 2.32 bits per heavy atom. The minimum atomic E-state index is -0.977. The number of hydrogen-bond donors (Lipinski definition) is 1. The van der Waals surface area contributed by atoms with E-state index in [0.717, 1.165) is 22.3 Å². The summed E-state index contributed by atoms with van der Waals surface area (Å²) in [4.78, 5) is 11.5. The van der Waals surface area contributed by atoms with Gasteiger partial charge in [0.1, 0.15) is 5.75 Å². The van der Waals surface area contributed by atoms with Gasteiger partial charge in [-0.05, 0) is 61.2 Å². The number of carbonyl (C=O) groups is 1. The SMILES string of the molecule is Cc1cc(O[C@H](Cc2c(C)cccc2C)C(=O)O)ccc1Cl. The quantitative estimate of drug-likeness (QED) is 0.892. The van der Waals surface area contributed by atoms with E-state index < -0.39 is 12.1 Å². The zero-order valence-corrected chi connectivity index (χ0v) is 13.6. The summed E-state index contributed by atoms with van der Waals surface area (Å²) in [5.74, 6) is -0.462. The van der Waals surface area contributed by atoms with Gasteiger partial charge in [0.25, 0.3) is 0 Å². The lowest BCUT2D eigenvalue weighted by Crippen LogP contribution is -2.30. The first-order valence-electron chi connectivity index (χ1n) is 7.09. The van der Waals surface area contributed by atoms with E-state index in [4.69, 9.17) is 16.3 Å². The van der Waals surface area contributed by atoms with Crippen molar-refractivity contribution in [2.75, 3.05) is 0 Å². The summed E-state index contributed by atoms with van der Waals surface area (Å²) >= 11 is 5.98. The summed E-state index contributed by atoms with van der Waals surface area (Å²) in [6, 6.07) is 11.1. The van der Waals surface area contributed by atoms with Gasteiger partial charge in [0.05, 0.1) is 0 Å².